The van der Waals surface area contributed by atoms with E-state index in [0.29, 0.717) is 42.5 Å². The van der Waals surface area contributed by atoms with E-state index in [1.165, 1.54) is 11.9 Å². The van der Waals surface area contributed by atoms with Crippen LogP contribution in [0.15, 0.2) is 36.5 Å². The van der Waals surface area contributed by atoms with Crippen LogP contribution >= 0.6 is 23.2 Å². The maximum Gasteiger partial charge on any atom is 0.433 e. The minimum atomic E-state index is -4.62. The molecule has 8 nitrogen and oxygen atoms in total. The predicted molar refractivity (Wildman–Crippen MR) is 149 cm³/mol. The number of alkyl halides is 3. The molecule has 3 amide bonds. The van der Waals surface area contributed by atoms with E-state index < -0.39 is 24.0 Å². The predicted octanol–water partition coefficient (Wildman–Crippen LogP) is 5.87. The van der Waals surface area contributed by atoms with Crippen LogP contribution in [0, 0.1) is 11.3 Å². The summed E-state index contributed by atoms with van der Waals surface area (Å²) in [6, 6.07) is 6.40. The Morgan fingerprint density at radius 3 is 2.29 bits per heavy atom. The van der Waals surface area contributed by atoms with Gasteiger partial charge in [0.1, 0.15) is 5.69 Å². The second-order valence-corrected chi connectivity index (χ2v) is 12.4. The number of halogens is 5. The molecule has 2 aliphatic heterocycles. The molecule has 2 saturated heterocycles. The molecule has 0 radical (unpaired) electrons. The molecular weight excluding hydrogens is 596 g/mol. The molecule has 42 heavy (non-hydrogen) atoms. The zero-order chi connectivity index (χ0) is 30.4. The van der Waals surface area contributed by atoms with Gasteiger partial charge in [-0.3, -0.25) is 9.59 Å². The second-order valence-electron chi connectivity index (χ2n) is 11.6. The summed E-state index contributed by atoms with van der Waals surface area (Å²) >= 11 is 12.4. The van der Waals surface area contributed by atoms with Crippen molar-refractivity contribution in [2.75, 3.05) is 33.2 Å². The summed E-state index contributed by atoms with van der Waals surface area (Å²) in [6.45, 7) is 3.59. The third-order valence-electron chi connectivity index (χ3n) is 8.64. The van der Waals surface area contributed by atoms with Crippen molar-refractivity contribution < 1.29 is 32.3 Å². The number of benzene rings is 1. The normalized spacial score (nSPS) is 22.2. The lowest BCUT2D eigenvalue weighted by atomic mass is 9.93. The molecule has 0 bridgehead atoms. The van der Waals surface area contributed by atoms with Gasteiger partial charge in [0.05, 0.1) is 22.3 Å². The number of hydrogen-bond acceptors (Lipinski definition) is 5. The highest BCUT2D eigenvalue weighted by molar-refractivity contribution is 6.42. The lowest BCUT2D eigenvalue weighted by Gasteiger charge is -2.34. The van der Waals surface area contributed by atoms with E-state index in [-0.39, 0.29) is 41.4 Å². The summed E-state index contributed by atoms with van der Waals surface area (Å²) < 4.78 is 43.9. The van der Waals surface area contributed by atoms with E-state index in [1.54, 1.807) is 23.1 Å². The zero-order valence-corrected chi connectivity index (χ0v) is 24.7. The number of likely N-dealkylation sites (N-methyl/N-ethyl adjacent to an activating group) is 1. The molecular formula is C29H31Cl2F3N4O4. The molecule has 3 heterocycles. The lowest BCUT2D eigenvalue weighted by molar-refractivity contribution is -0.142. The largest absolute Gasteiger partial charge is 0.433 e. The Hall–Kier alpha value is -3.05. The smallest absolute Gasteiger partial charge is 0.409 e. The number of aromatic nitrogens is 1. The Kier molecular flexibility index (Phi) is 8.37. The van der Waals surface area contributed by atoms with Gasteiger partial charge < -0.3 is 19.4 Å². The van der Waals surface area contributed by atoms with E-state index in [4.69, 9.17) is 27.9 Å². The maximum atomic E-state index is 13.7. The van der Waals surface area contributed by atoms with Crippen LogP contribution in [0.1, 0.15) is 49.8 Å². The standard InChI is InChI=1S/C29H31Cl2F3N4O4/c1-28(9-10-28)26(40)37-11-7-17(8-12-37)25(39)38-15-20(18-3-5-21(30)22(31)13-18)23(16-38)36(2)27(41)42-19-4-6-24(35-14-19)29(32,33)34/h3-6,13-14,17,20,23H,7-12,15-16H2,1-2H3/t20-,23+/m0/s1. The fourth-order valence-electron chi connectivity index (χ4n) is 5.72. The van der Waals surface area contributed by atoms with Gasteiger partial charge in [-0.1, -0.05) is 36.2 Å². The molecule has 1 aromatic carbocycles. The average molecular weight is 627 g/mol. The van der Waals surface area contributed by atoms with Crippen LogP contribution in [0.2, 0.25) is 10.0 Å². The van der Waals surface area contributed by atoms with E-state index >= 15 is 0 Å². The monoisotopic (exact) mass is 626 g/mol. The van der Waals surface area contributed by atoms with Crippen LogP contribution in [-0.4, -0.2) is 76.9 Å². The SMILES string of the molecule is CN(C(=O)Oc1ccc(C(F)(F)F)nc1)[C@@H]1CN(C(=O)C2CCN(C(=O)C3(C)CC3)CC2)C[C@H]1c1ccc(Cl)c(Cl)c1. The summed E-state index contributed by atoms with van der Waals surface area (Å²) in [7, 11) is 1.52. The first-order chi connectivity index (χ1) is 19.8. The van der Waals surface area contributed by atoms with Gasteiger partial charge in [0.15, 0.2) is 5.75 Å². The first kappa shape index (κ1) is 30.4. The third-order valence-corrected chi connectivity index (χ3v) is 9.38. The highest BCUT2D eigenvalue weighted by Crippen LogP contribution is 2.47. The van der Waals surface area contributed by atoms with Gasteiger partial charge in [-0.2, -0.15) is 13.2 Å². The Balaban J connectivity index is 1.29. The molecule has 226 valence electrons. The summed E-state index contributed by atoms with van der Waals surface area (Å²) in [6.07, 6.45) is -1.64. The van der Waals surface area contributed by atoms with Crippen LogP contribution in [0.3, 0.4) is 0 Å². The van der Waals surface area contributed by atoms with Gasteiger partial charge in [-0.15, -0.1) is 0 Å². The first-order valence-electron chi connectivity index (χ1n) is 13.8. The molecule has 0 N–H and O–H groups in total. The number of likely N-dealkylation sites (tertiary alicyclic amines) is 2. The van der Waals surface area contributed by atoms with Crippen molar-refractivity contribution in [2.45, 2.75) is 50.7 Å². The molecule has 13 heteroatoms. The van der Waals surface area contributed by atoms with Crippen molar-refractivity contribution in [3.63, 3.8) is 0 Å². The first-order valence-corrected chi connectivity index (χ1v) is 14.5. The van der Waals surface area contributed by atoms with Crippen LogP contribution in [0.5, 0.6) is 5.75 Å². The van der Waals surface area contributed by atoms with Crippen molar-refractivity contribution in [1.82, 2.24) is 19.7 Å². The number of pyridine rings is 1. The lowest BCUT2D eigenvalue weighted by Crippen LogP contribution is -2.46. The zero-order valence-electron chi connectivity index (χ0n) is 23.2. The van der Waals surface area contributed by atoms with E-state index in [0.717, 1.165) is 36.7 Å². The van der Waals surface area contributed by atoms with Gasteiger partial charge in [-0.05, 0) is 55.5 Å². The summed E-state index contributed by atoms with van der Waals surface area (Å²) in [4.78, 5) is 47.8. The number of hydrogen-bond donors (Lipinski definition) is 0. The van der Waals surface area contributed by atoms with Crippen LogP contribution in [0.4, 0.5) is 18.0 Å². The third kappa shape index (κ3) is 6.32. The molecule has 2 aromatic rings. The minimum Gasteiger partial charge on any atom is -0.409 e. The van der Waals surface area contributed by atoms with Crippen LogP contribution < -0.4 is 4.74 Å². The van der Waals surface area contributed by atoms with Gasteiger partial charge in [0, 0.05) is 50.5 Å². The Labute approximate surface area is 251 Å². The highest BCUT2D eigenvalue weighted by atomic mass is 35.5. The van der Waals surface area contributed by atoms with E-state index in [9.17, 15) is 27.6 Å². The number of carbonyl (C=O) groups is 3. The fourth-order valence-corrected chi connectivity index (χ4v) is 6.02. The topological polar surface area (TPSA) is 83.1 Å². The Morgan fingerprint density at radius 2 is 1.71 bits per heavy atom. The van der Waals surface area contributed by atoms with Gasteiger partial charge in [0.2, 0.25) is 11.8 Å². The molecule has 3 aliphatic rings. The molecule has 0 spiro atoms. The summed E-state index contributed by atoms with van der Waals surface area (Å²) in [5, 5.41) is 0.701. The molecule has 1 aromatic heterocycles. The van der Waals surface area contributed by atoms with Crippen molar-refractivity contribution in [3.05, 3.63) is 57.8 Å². The molecule has 1 saturated carbocycles. The number of nitrogens with zero attached hydrogens (tertiary/aromatic N) is 4. The number of rotatable bonds is 5. The molecule has 0 unspecified atom stereocenters. The average Bonchev–Trinajstić information content (AvgIpc) is 3.56. The van der Waals surface area contributed by atoms with Crippen molar-refractivity contribution in [1.29, 1.82) is 0 Å². The summed E-state index contributed by atoms with van der Waals surface area (Å²) in [5.74, 6) is -0.592. The number of carbonyl (C=O) groups excluding carboxylic acids is 3. The van der Waals surface area contributed by atoms with Gasteiger partial charge in [-0.25, -0.2) is 9.78 Å². The molecule has 2 atom stereocenters. The van der Waals surface area contributed by atoms with E-state index in [1.807, 2.05) is 11.8 Å². The second kappa shape index (κ2) is 11.6. The molecule has 3 fully saturated rings. The Bertz CT molecular complexity index is 1360. The minimum absolute atomic E-state index is 0.0407. The molecule has 5 rings (SSSR count). The quantitative estimate of drug-likeness (QED) is 0.414. The highest BCUT2D eigenvalue weighted by Gasteiger charge is 2.48. The molecule has 1 aliphatic carbocycles. The van der Waals surface area contributed by atoms with Gasteiger partial charge >= 0.3 is 12.3 Å². The van der Waals surface area contributed by atoms with Crippen molar-refractivity contribution in [2.24, 2.45) is 11.3 Å². The number of amides is 3. The van der Waals surface area contributed by atoms with Crippen LogP contribution in [-0.2, 0) is 15.8 Å². The Morgan fingerprint density at radius 1 is 1.02 bits per heavy atom. The summed E-state index contributed by atoms with van der Waals surface area (Å²) in [5.41, 5.74) is -0.572. The number of ether oxygens (including phenoxy) is 1. The maximum absolute atomic E-state index is 13.7. The van der Waals surface area contributed by atoms with Crippen LogP contribution in [0.25, 0.3) is 0 Å². The van der Waals surface area contributed by atoms with E-state index in [2.05, 4.69) is 4.98 Å². The van der Waals surface area contributed by atoms with Crippen molar-refractivity contribution >= 4 is 41.1 Å². The fraction of sp³-hybridized carbons (Fsp3) is 0.517. The van der Waals surface area contributed by atoms with Crippen molar-refractivity contribution in [3.8, 4) is 5.75 Å². The van der Waals surface area contributed by atoms with Gasteiger partial charge in [0.25, 0.3) is 0 Å². The number of piperidine rings is 1.